The number of rotatable bonds is 4. The summed E-state index contributed by atoms with van der Waals surface area (Å²) in [6, 6.07) is 8.94. The normalized spacial score (nSPS) is 10.1. The summed E-state index contributed by atoms with van der Waals surface area (Å²) >= 11 is 0. The predicted octanol–water partition coefficient (Wildman–Crippen LogP) is 2.39. The molecule has 0 atom stereocenters. The minimum atomic E-state index is -0.211. The molecular weight excluding hydrogens is 268 g/mol. The quantitative estimate of drug-likeness (QED) is 0.939. The van der Waals surface area contributed by atoms with E-state index < -0.39 is 0 Å². The first kappa shape index (κ1) is 14.8. The van der Waals surface area contributed by atoms with Crippen molar-refractivity contribution >= 4 is 11.7 Å². The minimum Gasteiger partial charge on any atom is -0.493 e. The number of aromatic nitrogens is 1. The number of hydrogen-bond acceptors (Lipinski definition) is 3. The molecule has 0 aliphatic carbocycles. The van der Waals surface area contributed by atoms with Gasteiger partial charge in [-0.2, -0.15) is 0 Å². The van der Waals surface area contributed by atoms with Crippen molar-refractivity contribution in [2.45, 2.75) is 13.8 Å². The molecule has 1 heterocycles. The van der Waals surface area contributed by atoms with Crippen LogP contribution in [0.3, 0.4) is 0 Å². The van der Waals surface area contributed by atoms with Crippen molar-refractivity contribution in [2.24, 2.45) is 0 Å². The van der Waals surface area contributed by atoms with E-state index in [1.807, 2.05) is 26.0 Å². The number of benzene rings is 1. The second kappa shape index (κ2) is 6.26. The van der Waals surface area contributed by atoms with E-state index in [2.05, 4.69) is 10.3 Å². The van der Waals surface area contributed by atoms with Gasteiger partial charge in [0.15, 0.2) is 11.5 Å². The van der Waals surface area contributed by atoms with Crippen molar-refractivity contribution < 1.29 is 19.3 Å². The van der Waals surface area contributed by atoms with E-state index in [-0.39, 0.29) is 5.91 Å². The van der Waals surface area contributed by atoms with Crippen LogP contribution >= 0.6 is 0 Å². The Bertz CT molecular complexity index is 648. The molecule has 1 amide bonds. The summed E-state index contributed by atoms with van der Waals surface area (Å²) < 4.78 is 10.4. The largest absolute Gasteiger partial charge is 0.493 e. The number of aromatic amines is 1. The summed E-state index contributed by atoms with van der Waals surface area (Å²) in [5.41, 5.74) is 2.56. The fourth-order valence-corrected chi connectivity index (χ4v) is 2.13. The lowest BCUT2D eigenvalue weighted by Crippen LogP contribution is -2.21. The van der Waals surface area contributed by atoms with Crippen molar-refractivity contribution in [1.82, 2.24) is 0 Å². The summed E-state index contributed by atoms with van der Waals surface area (Å²) in [5.74, 6) is 1.56. The van der Waals surface area contributed by atoms with Gasteiger partial charge in [0.05, 0.1) is 25.5 Å². The lowest BCUT2D eigenvalue weighted by molar-refractivity contribution is -0.370. The van der Waals surface area contributed by atoms with Gasteiger partial charge < -0.3 is 9.47 Å². The minimum absolute atomic E-state index is 0.211. The van der Waals surface area contributed by atoms with Gasteiger partial charge in [0, 0.05) is 6.07 Å². The molecule has 110 valence electrons. The molecule has 21 heavy (non-hydrogen) atoms. The van der Waals surface area contributed by atoms with Crippen LogP contribution in [-0.2, 0) is 0 Å². The molecule has 0 fully saturated rings. The molecule has 0 aliphatic heterocycles. The second-order valence-corrected chi connectivity index (χ2v) is 4.78. The Morgan fingerprint density at radius 2 is 1.76 bits per heavy atom. The van der Waals surface area contributed by atoms with Crippen LogP contribution in [0.2, 0.25) is 0 Å². The topological polar surface area (TPSA) is 61.7 Å². The van der Waals surface area contributed by atoms with Crippen molar-refractivity contribution in [2.75, 3.05) is 19.5 Å². The zero-order valence-corrected chi connectivity index (χ0v) is 12.6. The Balaban J connectivity index is 2.24. The Morgan fingerprint density at radius 1 is 1.05 bits per heavy atom. The van der Waals surface area contributed by atoms with Crippen molar-refractivity contribution in [3.05, 3.63) is 47.2 Å². The van der Waals surface area contributed by atoms with Crippen LogP contribution in [0, 0.1) is 13.8 Å². The lowest BCUT2D eigenvalue weighted by Gasteiger charge is -2.08. The van der Waals surface area contributed by atoms with E-state index in [9.17, 15) is 4.79 Å². The fraction of sp³-hybridized carbons (Fsp3) is 0.250. The SMILES string of the molecule is COc1ccc(C(=O)Nc2cc(C)cc(C)[nH+]2)cc1OC. The molecule has 0 saturated heterocycles. The van der Waals surface area contributed by atoms with Crippen LogP contribution < -0.4 is 19.8 Å². The molecule has 0 saturated carbocycles. The molecule has 5 nitrogen and oxygen atoms in total. The number of anilines is 1. The molecule has 0 radical (unpaired) electrons. The maximum Gasteiger partial charge on any atom is 0.339 e. The Labute approximate surface area is 123 Å². The smallest absolute Gasteiger partial charge is 0.339 e. The highest BCUT2D eigenvalue weighted by atomic mass is 16.5. The number of amides is 1. The number of pyridine rings is 1. The van der Waals surface area contributed by atoms with E-state index in [0.717, 1.165) is 11.3 Å². The van der Waals surface area contributed by atoms with E-state index in [4.69, 9.17) is 9.47 Å². The first-order valence-corrected chi connectivity index (χ1v) is 6.57. The Hall–Kier alpha value is -2.56. The standard InChI is InChI=1S/C16H18N2O3/c1-10-7-11(2)17-15(8-10)18-16(19)12-5-6-13(20-3)14(9-12)21-4/h5-9H,1-4H3,(H,17,18,19)/p+1. The summed E-state index contributed by atoms with van der Waals surface area (Å²) in [6.45, 7) is 3.92. The predicted molar refractivity (Wildman–Crippen MR) is 80.0 cm³/mol. The third kappa shape index (κ3) is 3.51. The number of carbonyl (C=O) groups excluding carboxylic acids is 1. The Kier molecular flexibility index (Phi) is 4.42. The van der Waals surface area contributed by atoms with Crippen LogP contribution in [0.4, 0.5) is 5.82 Å². The Morgan fingerprint density at radius 3 is 2.38 bits per heavy atom. The summed E-state index contributed by atoms with van der Waals surface area (Å²) in [7, 11) is 3.10. The summed E-state index contributed by atoms with van der Waals surface area (Å²) in [5, 5.41) is 2.84. The van der Waals surface area contributed by atoms with Gasteiger partial charge in [-0.15, -0.1) is 0 Å². The third-order valence-electron chi connectivity index (χ3n) is 3.04. The average molecular weight is 287 g/mol. The van der Waals surface area contributed by atoms with Gasteiger partial charge in [-0.05, 0) is 43.7 Å². The van der Waals surface area contributed by atoms with E-state index in [1.165, 1.54) is 7.11 Å². The zero-order valence-electron chi connectivity index (χ0n) is 12.6. The summed E-state index contributed by atoms with van der Waals surface area (Å²) in [4.78, 5) is 15.4. The molecule has 1 aromatic heterocycles. The van der Waals surface area contributed by atoms with Crippen molar-refractivity contribution in [1.29, 1.82) is 0 Å². The number of carbonyl (C=O) groups is 1. The van der Waals surface area contributed by atoms with Crippen LogP contribution in [0.5, 0.6) is 11.5 Å². The highest BCUT2D eigenvalue weighted by molar-refractivity contribution is 6.03. The molecule has 0 unspecified atom stereocenters. The molecule has 0 spiro atoms. The van der Waals surface area contributed by atoms with E-state index in [1.54, 1.807) is 25.3 Å². The molecule has 1 aromatic carbocycles. The van der Waals surface area contributed by atoms with Crippen LogP contribution in [0.15, 0.2) is 30.3 Å². The van der Waals surface area contributed by atoms with E-state index in [0.29, 0.717) is 22.9 Å². The maximum absolute atomic E-state index is 12.3. The van der Waals surface area contributed by atoms with Crippen LogP contribution in [0.1, 0.15) is 21.6 Å². The number of methoxy groups -OCH3 is 2. The first-order chi connectivity index (χ1) is 10.0. The van der Waals surface area contributed by atoms with Gasteiger partial charge in [0.2, 0.25) is 0 Å². The first-order valence-electron chi connectivity index (χ1n) is 6.57. The number of ether oxygens (including phenoxy) is 2. The number of hydrogen-bond donors (Lipinski definition) is 1. The fourth-order valence-electron chi connectivity index (χ4n) is 2.13. The van der Waals surface area contributed by atoms with Gasteiger partial charge in [-0.1, -0.05) is 0 Å². The molecule has 2 N–H and O–H groups in total. The van der Waals surface area contributed by atoms with Gasteiger partial charge in [0.1, 0.15) is 0 Å². The number of nitrogens with one attached hydrogen (secondary N) is 2. The van der Waals surface area contributed by atoms with Crippen molar-refractivity contribution in [3.8, 4) is 11.5 Å². The number of H-pyrrole nitrogens is 1. The zero-order chi connectivity index (χ0) is 15.4. The second-order valence-electron chi connectivity index (χ2n) is 4.78. The average Bonchev–Trinajstić information content (AvgIpc) is 2.45. The highest BCUT2D eigenvalue weighted by Gasteiger charge is 2.16. The third-order valence-corrected chi connectivity index (χ3v) is 3.04. The summed E-state index contributed by atoms with van der Waals surface area (Å²) in [6.07, 6.45) is 0. The molecule has 0 aliphatic rings. The molecule has 2 rings (SSSR count). The molecule has 5 heteroatoms. The van der Waals surface area contributed by atoms with Crippen LogP contribution in [-0.4, -0.2) is 20.1 Å². The number of aryl methyl sites for hydroxylation is 2. The highest BCUT2D eigenvalue weighted by Crippen LogP contribution is 2.27. The molecule has 2 aromatic rings. The lowest BCUT2D eigenvalue weighted by atomic mass is 10.2. The van der Waals surface area contributed by atoms with Gasteiger partial charge in [-0.25, -0.2) is 15.1 Å². The van der Waals surface area contributed by atoms with Gasteiger partial charge in [-0.3, -0.25) is 0 Å². The van der Waals surface area contributed by atoms with Gasteiger partial charge in [0.25, 0.3) is 5.82 Å². The van der Waals surface area contributed by atoms with Crippen molar-refractivity contribution in [3.63, 3.8) is 0 Å². The van der Waals surface area contributed by atoms with E-state index >= 15 is 0 Å². The van der Waals surface area contributed by atoms with Gasteiger partial charge >= 0.3 is 5.91 Å². The van der Waals surface area contributed by atoms with Crippen LogP contribution in [0.25, 0.3) is 0 Å². The maximum atomic E-state index is 12.3. The molecule has 0 bridgehead atoms. The monoisotopic (exact) mass is 287 g/mol. The molecular formula is C16H19N2O3+.